The first-order valence-electron chi connectivity index (χ1n) is 4.34. The minimum absolute atomic E-state index is 0.325. The van der Waals surface area contributed by atoms with E-state index in [1.54, 1.807) is 30.5 Å². The van der Waals surface area contributed by atoms with Crippen molar-refractivity contribution in [2.75, 3.05) is 0 Å². The number of hydrogen-bond donors (Lipinski definition) is 0. The third-order valence-electron chi connectivity index (χ3n) is 2.01. The lowest BCUT2D eigenvalue weighted by Crippen LogP contribution is -1.85. The Morgan fingerprint density at radius 1 is 0.875 bits per heavy atom. The molecular formula is C11H5Cl4N. The van der Waals surface area contributed by atoms with E-state index in [2.05, 4.69) is 4.98 Å². The van der Waals surface area contributed by atoms with Gasteiger partial charge in [-0.2, -0.15) is 0 Å². The zero-order chi connectivity index (χ0) is 11.7. The summed E-state index contributed by atoms with van der Waals surface area (Å²) in [4.78, 5) is 3.97. The molecule has 0 unspecified atom stereocenters. The Hall–Kier alpha value is -0.470. The maximum absolute atomic E-state index is 6.06. The van der Waals surface area contributed by atoms with Crippen molar-refractivity contribution < 1.29 is 0 Å². The molecule has 2 aromatic rings. The predicted octanol–water partition coefficient (Wildman–Crippen LogP) is 5.36. The van der Waals surface area contributed by atoms with E-state index in [9.17, 15) is 0 Å². The van der Waals surface area contributed by atoms with E-state index in [1.165, 1.54) is 0 Å². The van der Waals surface area contributed by atoms with Gasteiger partial charge in [0.15, 0.2) is 0 Å². The Morgan fingerprint density at radius 2 is 1.50 bits per heavy atom. The number of pyridine rings is 1. The van der Waals surface area contributed by atoms with Crippen molar-refractivity contribution in [3.05, 3.63) is 50.7 Å². The molecule has 0 atom stereocenters. The molecule has 1 nitrogen and oxygen atoms in total. The average Bonchev–Trinajstić information content (AvgIpc) is 2.15. The van der Waals surface area contributed by atoms with Crippen molar-refractivity contribution in [3.63, 3.8) is 0 Å². The van der Waals surface area contributed by atoms with Gasteiger partial charge >= 0.3 is 0 Å². The van der Waals surface area contributed by atoms with Crippen LogP contribution >= 0.6 is 46.4 Å². The van der Waals surface area contributed by atoms with Crippen LogP contribution in [0, 0.1) is 0 Å². The third-order valence-corrected chi connectivity index (χ3v) is 3.04. The largest absolute Gasteiger partial charge is 0.244 e. The van der Waals surface area contributed by atoms with Crippen molar-refractivity contribution in [1.82, 2.24) is 4.98 Å². The van der Waals surface area contributed by atoms with Crippen LogP contribution in [0.15, 0.2) is 30.5 Å². The summed E-state index contributed by atoms with van der Waals surface area (Å²) in [6.45, 7) is 0. The molecule has 0 fully saturated rings. The van der Waals surface area contributed by atoms with E-state index in [-0.39, 0.29) is 0 Å². The van der Waals surface area contributed by atoms with Crippen molar-refractivity contribution in [3.8, 4) is 11.1 Å². The van der Waals surface area contributed by atoms with Crippen LogP contribution in [-0.2, 0) is 0 Å². The van der Waals surface area contributed by atoms with Gasteiger partial charge in [-0.1, -0.05) is 46.4 Å². The number of hydrogen-bond acceptors (Lipinski definition) is 1. The Kier molecular flexibility index (Phi) is 3.60. The molecule has 0 aliphatic carbocycles. The van der Waals surface area contributed by atoms with E-state index in [0.717, 1.165) is 5.56 Å². The number of benzene rings is 1. The molecule has 0 aliphatic rings. The number of halogens is 4. The first-order valence-corrected chi connectivity index (χ1v) is 5.85. The van der Waals surface area contributed by atoms with Crippen molar-refractivity contribution in [1.29, 1.82) is 0 Å². The topological polar surface area (TPSA) is 12.9 Å². The van der Waals surface area contributed by atoms with Gasteiger partial charge in [0.05, 0.1) is 5.02 Å². The van der Waals surface area contributed by atoms with Crippen LogP contribution in [-0.4, -0.2) is 4.98 Å². The first kappa shape index (κ1) is 12.0. The lowest BCUT2D eigenvalue weighted by Gasteiger charge is -2.07. The molecule has 0 spiro atoms. The minimum Gasteiger partial charge on any atom is -0.244 e. The Balaban J connectivity index is 2.67. The molecule has 0 amide bonds. The third kappa shape index (κ3) is 2.44. The van der Waals surface area contributed by atoms with Gasteiger partial charge in [0.25, 0.3) is 0 Å². The normalized spacial score (nSPS) is 10.5. The smallest absolute Gasteiger partial charge is 0.138 e. The number of nitrogens with zero attached hydrogens (tertiary/aromatic N) is 1. The predicted molar refractivity (Wildman–Crippen MR) is 69.7 cm³/mol. The van der Waals surface area contributed by atoms with E-state index in [1.807, 2.05) is 0 Å². The molecule has 0 radical (unpaired) electrons. The molecule has 1 aromatic heterocycles. The SMILES string of the molecule is Clc1cc(Cl)cc(-c2c(Cl)ccnc2Cl)c1. The molecule has 1 aromatic carbocycles. The lowest BCUT2D eigenvalue weighted by atomic mass is 10.1. The second-order valence-corrected chi connectivity index (χ2v) is 4.75. The molecule has 0 N–H and O–H groups in total. The van der Waals surface area contributed by atoms with Gasteiger partial charge < -0.3 is 0 Å². The second-order valence-electron chi connectivity index (χ2n) is 3.12. The minimum atomic E-state index is 0.325. The fourth-order valence-corrected chi connectivity index (χ4v) is 2.47. The highest BCUT2D eigenvalue weighted by molar-refractivity contribution is 6.39. The van der Waals surface area contributed by atoms with E-state index in [0.29, 0.717) is 25.8 Å². The Bertz CT molecular complexity index is 499. The molecule has 16 heavy (non-hydrogen) atoms. The molecule has 0 saturated heterocycles. The van der Waals surface area contributed by atoms with E-state index < -0.39 is 0 Å². The molecule has 0 saturated carbocycles. The van der Waals surface area contributed by atoms with Crippen LogP contribution in [0.5, 0.6) is 0 Å². The molecule has 82 valence electrons. The summed E-state index contributed by atoms with van der Waals surface area (Å²) in [7, 11) is 0. The van der Waals surface area contributed by atoms with Crippen LogP contribution in [0.4, 0.5) is 0 Å². The maximum Gasteiger partial charge on any atom is 0.138 e. The summed E-state index contributed by atoms with van der Waals surface area (Å²) in [6, 6.07) is 6.78. The van der Waals surface area contributed by atoms with Gasteiger partial charge in [0, 0.05) is 21.8 Å². The monoisotopic (exact) mass is 291 g/mol. The Labute approximate surface area is 113 Å². The average molecular weight is 293 g/mol. The van der Waals surface area contributed by atoms with E-state index in [4.69, 9.17) is 46.4 Å². The fraction of sp³-hybridized carbons (Fsp3) is 0. The van der Waals surface area contributed by atoms with Crippen LogP contribution in [0.2, 0.25) is 20.2 Å². The van der Waals surface area contributed by atoms with Crippen LogP contribution in [0.3, 0.4) is 0 Å². The molecule has 0 aliphatic heterocycles. The highest BCUT2D eigenvalue weighted by Gasteiger charge is 2.10. The standard InChI is InChI=1S/C11H5Cl4N/c12-7-3-6(4-8(13)5-7)10-9(14)1-2-16-11(10)15/h1-5H. The highest BCUT2D eigenvalue weighted by Crippen LogP contribution is 2.35. The van der Waals surface area contributed by atoms with Crippen LogP contribution in [0.1, 0.15) is 0 Å². The zero-order valence-electron chi connectivity index (χ0n) is 7.85. The van der Waals surface area contributed by atoms with Gasteiger partial charge in [0.2, 0.25) is 0 Å². The number of aromatic nitrogens is 1. The summed E-state index contributed by atoms with van der Waals surface area (Å²) in [5.74, 6) is 0. The summed E-state index contributed by atoms with van der Waals surface area (Å²) < 4.78 is 0. The quantitative estimate of drug-likeness (QED) is 0.645. The summed E-state index contributed by atoms with van der Waals surface area (Å²) >= 11 is 23.9. The van der Waals surface area contributed by atoms with Gasteiger partial charge in [-0.3, -0.25) is 0 Å². The van der Waals surface area contributed by atoms with Crippen LogP contribution in [0.25, 0.3) is 11.1 Å². The highest BCUT2D eigenvalue weighted by atomic mass is 35.5. The second kappa shape index (κ2) is 4.80. The van der Waals surface area contributed by atoms with Gasteiger partial charge in [-0.15, -0.1) is 0 Å². The summed E-state index contributed by atoms with van der Waals surface area (Å²) in [5, 5.41) is 1.89. The zero-order valence-corrected chi connectivity index (χ0v) is 10.9. The molecule has 5 heteroatoms. The fourth-order valence-electron chi connectivity index (χ4n) is 1.37. The molecule has 2 rings (SSSR count). The summed E-state index contributed by atoms with van der Waals surface area (Å²) in [6.07, 6.45) is 1.54. The van der Waals surface area contributed by atoms with Crippen molar-refractivity contribution in [2.45, 2.75) is 0 Å². The van der Waals surface area contributed by atoms with E-state index >= 15 is 0 Å². The Morgan fingerprint density at radius 3 is 2.06 bits per heavy atom. The molecular weight excluding hydrogens is 288 g/mol. The lowest BCUT2D eigenvalue weighted by molar-refractivity contribution is 1.33. The van der Waals surface area contributed by atoms with Crippen molar-refractivity contribution in [2.24, 2.45) is 0 Å². The van der Waals surface area contributed by atoms with Gasteiger partial charge in [0.1, 0.15) is 5.15 Å². The van der Waals surface area contributed by atoms with Crippen LogP contribution < -0.4 is 0 Å². The van der Waals surface area contributed by atoms with Gasteiger partial charge in [-0.05, 0) is 29.8 Å². The number of rotatable bonds is 1. The molecule has 0 bridgehead atoms. The van der Waals surface area contributed by atoms with Crippen molar-refractivity contribution >= 4 is 46.4 Å². The first-order chi connectivity index (χ1) is 7.58. The van der Waals surface area contributed by atoms with Gasteiger partial charge in [-0.25, -0.2) is 4.98 Å². The summed E-state index contributed by atoms with van der Waals surface area (Å²) in [5.41, 5.74) is 1.39. The maximum atomic E-state index is 6.06. The molecule has 1 heterocycles.